The summed E-state index contributed by atoms with van der Waals surface area (Å²) in [7, 11) is 0. The molecular formula is C19H28N4O. The summed E-state index contributed by atoms with van der Waals surface area (Å²) in [5, 5.41) is 7.99. The third-order valence-corrected chi connectivity index (χ3v) is 4.54. The Morgan fingerprint density at radius 1 is 1.50 bits per heavy atom. The number of pyridine rings is 1. The lowest BCUT2D eigenvalue weighted by molar-refractivity contribution is -0.123. The molecular weight excluding hydrogens is 300 g/mol. The SMILES string of the molecule is CCc1cc(C)nc(C2CCN(C(=O)C(=N)C=C(N)C(C)C)C2)c1. The number of likely N-dealkylation sites (tertiary alicyclic amines) is 1. The summed E-state index contributed by atoms with van der Waals surface area (Å²) in [4.78, 5) is 18.8. The second kappa shape index (κ2) is 7.60. The molecule has 0 spiro atoms. The molecule has 130 valence electrons. The average Bonchev–Trinajstić information content (AvgIpc) is 3.03. The highest BCUT2D eigenvalue weighted by atomic mass is 16.2. The van der Waals surface area contributed by atoms with Crippen LogP contribution in [0.4, 0.5) is 0 Å². The fourth-order valence-electron chi connectivity index (χ4n) is 2.93. The number of nitrogens with one attached hydrogen (secondary N) is 1. The van der Waals surface area contributed by atoms with Crippen LogP contribution in [-0.2, 0) is 11.2 Å². The summed E-state index contributed by atoms with van der Waals surface area (Å²) in [6, 6.07) is 4.25. The quantitative estimate of drug-likeness (QED) is 0.815. The molecule has 5 nitrogen and oxygen atoms in total. The summed E-state index contributed by atoms with van der Waals surface area (Å²) in [5.74, 6) is 0.135. The van der Waals surface area contributed by atoms with Crippen molar-refractivity contribution in [2.75, 3.05) is 13.1 Å². The van der Waals surface area contributed by atoms with E-state index in [4.69, 9.17) is 11.1 Å². The smallest absolute Gasteiger partial charge is 0.271 e. The van der Waals surface area contributed by atoms with Gasteiger partial charge in [-0.15, -0.1) is 0 Å². The minimum atomic E-state index is -0.246. The first kappa shape index (κ1) is 18.2. The molecule has 0 aliphatic carbocycles. The average molecular weight is 328 g/mol. The number of nitrogens with zero attached hydrogens (tertiary/aromatic N) is 2. The van der Waals surface area contributed by atoms with Crippen molar-refractivity contribution in [1.82, 2.24) is 9.88 Å². The number of nitrogens with two attached hydrogens (primary N) is 1. The zero-order chi connectivity index (χ0) is 17.9. The van der Waals surface area contributed by atoms with Crippen LogP contribution in [0.5, 0.6) is 0 Å². The number of carbonyl (C=O) groups is 1. The van der Waals surface area contributed by atoms with Gasteiger partial charge in [0.15, 0.2) is 0 Å². The van der Waals surface area contributed by atoms with Gasteiger partial charge in [0.05, 0.1) is 0 Å². The van der Waals surface area contributed by atoms with E-state index in [0.717, 1.165) is 24.2 Å². The van der Waals surface area contributed by atoms with E-state index in [0.29, 0.717) is 18.8 Å². The summed E-state index contributed by atoms with van der Waals surface area (Å²) < 4.78 is 0. The first-order valence-corrected chi connectivity index (χ1v) is 8.64. The predicted octanol–water partition coefficient (Wildman–Crippen LogP) is 2.79. The minimum Gasteiger partial charge on any atom is -0.402 e. The Kier molecular flexibility index (Phi) is 5.75. The summed E-state index contributed by atoms with van der Waals surface area (Å²) >= 11 is 0. The van der Waals surface area contributed by atoms with Crippen LogP contribution in [0.2, 0.25) is 0 Å². The van der Waals surface area contributed by atoms with Crippen molar-refractivity contribution in [2.45, 2.75) is 46.5 Å². The number of aryl methyl sites for hydroxylation is 2. The van der Waals surface area contributed by atoms with Gasteiger partial charge in [-0.25, -0.2) is 0 Å². The van der Waals surface area contributed by atoms with Gasteiger partial charge in [0.25, 0.3) is 5.91 Å². The Labute approximate surface area is 144 Å². The lowest BCUT2D eigenvalue weighted by atomic mass is 10.0. The van der Waals surface area contributed by atoms with Crippen LogP contribution in [0.1, 0.15) is 50.1 Å². The topological polar surface area (TPSA) is 83.1 Å². The summed E-state index contributed by atoms with van der Waals surface area (Å²) in [6.45, 7) is 9.33. The Morgan fingerprint density at radius 3 is 2.83 bits per heavy atom. The van der Waals surface area contributed by atoms with E-state index in [1.807, 2.05) is 20.8 Å². The van der Waals surface area contributed by atoms with Crippen molar-refractivity contribution in [3.63, 3.8) is 0 Å². The molecule has 0 bridgehead atoms. The maximum absolute atomic E-state index is 12.5. The zero-order valence-corrected chi connectivity index (χ0v) is 15.1. The van der Waals surface area contributed by atoms with E-state index in [1.165, 1.54) is 11.6 Å². The predicted molar refractivity (Wildman–Crippen MR) is 97.1 cm³/mol. The molecule has 2 rings (SSSR count). The second-order valence-electron chi connectivity index (χ2n) is 6.84. The number of amides is 1. The molecule has 1 amide bonds. The Balaban J connectivity index is 2.07. The molecule has 1 aromatic rings. The number of hydrogen-bond donors (Lipinski definition) is 2. The summed E-state index contributed by atoms with van der Waals surface area (Å²) in [6.07, 6.45) is 3.36. The third-order valence-electron chi connectivity index (χ3n) is 4.54. The molecule has 1 atom stereocenters. The van der Waals surface area contributed by atoms with Crippen LogP contribution >= 0.6 is 0 Å². The minimum absolute atomic E-state index is 0.0340. The highest BCUT2D eigenvalue weighted by molar-refractivity contribution is 6.42. The molecule has 0 saturated carbocycles. The lowest BCUT2D eigenvalue weighted by Gasteiger charge is -2.17. The van der Waals surface area contributed by atoms with Gasteiger partial charge in [-0.2, -0.15) is 0 Å². The van der Waals surface area contributed by atoms with Crippen LogP contribution < -0.4 is 5.73 Å². The van der Waals surface area contributed by atoms with E-state index in [9.17, 15) is 4.79 Å². The highest BCUT2D eigenvalue weighted by Crippen LogP contribution is 2.27. The van der Waals surface area contributed by atoms with Crippen LogP contribution in [0, 0.1) is 18.3 Å². The molecule has 1 aliphatic rings. The number of carbonyl (C=O) groups excluding carboxylic acids is 1. The van der Waals surface area contributed by atoms with Gasteiger partial charge in [0.2, 0.25) is 0 Å². The van der Waals surface area contributed by atoms with Crippen molar-refractivity contribution < 1.29 is 4.79 Å². The van der Waals surface area contributed by atoms with Gasteiger partial charge in [0.1, 0.15) is 5.71 Å². The van der Waals surface area contributed by atoms with Gasteiger partial charge in [0, 0.05) is 36.1 Å². The molecule has 2 heterocycles. The first-order chi connectivity index (χ1) is 11.3. The molecule has 1 fully saturated rings. The van der Waals surface area contributed by atoms with Crippen LogP contribution in [0.25, 0.3) is 0 Å². The molecule has 24 heavy (non-hydrogen) atoms. The van der Waals surface area contributed by atoms with Crippen molar-refractivity contribution in [3.05, 3.63) is 40.9 Å². The lowest BCUT2D eigenvalue weighted by Crippen LogP contribution is -2.34. The molecule has 1 aromatic heterocycles. The molecule has 3 N–H and O–H groups in total. The number of rotatable bonds is 5. The normalized spacial score (nSPS) is 18.3. The van der Waals surface area contributed by atoms with Crippen molar-refractivity contribution in [1.29, 1.82) is 5.41 Å². The molecule has 0 aromatic carbocycles. The van der Waals surface area contributed by atoms with E-state index < -0.39 is 0 Å². The Bertz CT molecular complexity index is 663. The van der Waals surface area contributed by atoms with Gasteiger partial charge in [-0.05, 0) is 49.5 Å². The van der Waals surface area contributed by atoms with Crippen molar-refractivity contribution in [3.8, 4) is 0 Å². The highest BCUT2D eigenvalue weighted by Gasteiger charge is 2.29. The van der Waals surface area contributed by atoms with Crippen LogP contribution in [-0.4, -0.2) is 34.6 Å². The molecule has 1 unspecified atom stereocenters. The maximum atomic E-state index is 12.5. The summed E-state index contributed by atoms with van der Waals surface area (Å²) in [5.41, 5.74) is 9.76. The monoisotopic (exact) mass is 328 g/mol. The number of allylic oxidation sites excluding steroid dienone is 1. The standard InChI is InChI=1S/C19H28N4O/c1-5-14-8-13(4)22-18(9-14)15-6-7-23(11-15)19(24)17(21)10-16(20)12(2)3/h8-10,12,15,21H,5-7,11,20H2,1-4H3. The van der Waals surface area contributed by atoms with Crippen LogP contribution in [0.3, 0.4) is 0 Å². The Morgan fingerprint density at radius 2 is 2.21 bits per heavy atom. The molecule has 1 aliphatic heterocycles. The molecule has 1 saturated heterocycles. The molecule has 0 radical (unpaired) electrons. The number of aromatic nitrogens is 1. The van der Waals surface area contributed by atoms with E-state index in [-0.39, 0.29) is 23.5 Å². The first-order valence-electron chi connectivity index (χ1n) is 8.64. The van der Waals surface area contributed by atoms with Crippen molar-refractivity contribution >= 4 is 11.6 Å². The van der Waals surface area contributed by atoms with Gasteiger partial charge >= 0.3 is 0 Å². The largest absolute Gasteiger partial charge is 0.402 e. The maximum Gasteiger partial charge on any atom is 0.271 e. The van der Waals surface area contributed by atoms with E-state index in [1.54, 1.807) is 4.90 Å². The molecule has 5 heteroatoms. The zero-order valence-electron chi connectivity index (χ0n) is 15.1. The van der Waals surface area contributed by atoms with Gasteiger partial charge < -0.3 is 10.6 Å². The third kappa shape index (κ3) is 4.22. The van der Waals surface area contributed by atoms with E-state index >= 15 is 0 Å². The Hall–Kier alpha value is -2.17. The number of hydrogen-bond acceptors (Lipinski definition) is 4. The van der Waals surface area contributed by atoms with Crippen LogP contribution in [0.15, 0.2) is 23.9 Å². The van der Waals surface area contributed by atoms with Gasteiger partial charge in [-0.3, -0.25) is 15.2 Å². The van der Waals surface area contributed by atoms with E-state index in [2.05, 4.69) is 24.0 Å². The second-order valence-corrected chi connectivity index (χ2v) is 6.84. The fourth-order valence-corrected chi connectivity index (χ4v) is 2.93. The van der Waals surface area contributed by atoms with Crippen molar-refractivity contribution in [2.24, 2.45) is 11.7 Å². The fraction of sp³-hybridized carbons (Fsp3) is 0.526. The van der Waals surface area contributed by atoms with Gasteiger partial charge in [-0.1, -0.05) is 20.8 Å².